The van der Waals surface area contributed by atoms with Gasteiger partial charge in [-0.2, -0.15) is 0 Å². The fourth-order valence-corrected chi connectivity index (χ4v) is 3.04. The topological polar surface area (TPSA) is 32.7 Å². The molecule has 0 saturated carbocycles. The predicted molar refractivity (Wildman–Crippen MR) is 106 cm³/mol. The van der Waals surface area contributed by atoms with Crippen LogP contribution in [0.3, 0.4) is 0 Å². The molecule has 1 amide bonds. The summed E-state index contributed by atoms with van der Waals surface area (Å²) in [5.74, 6) is -1.34. The summed E-state index contributed by atoms with van der Waals surface area (Å²) >= 11 is 5.94. The van der Waals surface area contributed by atoms with E-state index in [1.807, 2.05) is 0 Å². The molecule has 1 aliphatic heterocycles. The van der Waals surface area contributed by atoms with Gasteiger partial charge >= 0.3 is 0 Å². The van der Waals surface area contributed by atoms with E-state index in [1.54, 1.807) is 54.6 Å². The van der Waals surface area contributed by atoms with Crippen molar-refractivity contribution in [2.24, 2.45) is 4.99 Å². The second-order valence-corrected chi connectivity index (χ2v) is 6.52. The van der Waals surface area contributed by atoms with Gasteiger partial charge in [-0.25, -0.2) is 13.8 Å². The average molecular weight is 395 g/mol. The van der Waals surface area contributed by atoms with Crippen LogP contribution in [0.5, 0.6) is 0 Å². The van der Waals surface area contributed by atoms with Crippen LogP contribution in [0.15, 0.2) is 83.5 Å². The van der Waals surface area contributed by atoms with E-state index in [-0.39, 0.29) is 22.7 Å². The van der Waals surface area contributed by atoms with Crippen LogP contribution in [0.1, 0.15) is 11.1 Å². The fourth-order valence-electron chi connectivity index (χ4n) is 2.91. The van der Waals surface area contributed by atoms with Gasteiger partial charge in [-0.1, -0.05) is 41.9 Å². The molecule has 0 unspecified atom stereocenters. The first-order valence-corrected chi connectivity index (χ1v) is 8.82. The van der Waals surface area contributed by atoms with Gasteiger partial charge in [0.15, 0.2) is 5.84 Å². The lowest BCUT2D eigenvalue weighted by atomic mass is 10.1. The number of benzene rings is 3. The van der Waals surface area contributed by atoms with Crippen LogP contribution in [-0.2, 0) is 4.79 Å². The Labute approximate surface area is 165 Å². The van der Waals surface area contributed by atoms with Crippen LogP contribution < -0.4 is 4.90 Å². The van der Waals surface area contributed by atoms with E-state index in [2.05, 4.69) is 4.99 Å². The smallest absolute Gasteiger partial charge is 0.266 e. The Kier molecular flexibility index (Phi) is 4.75. The molecule has 0 bridgehead atoms. The maximum Gasteiger partial charge on any atom is 0.282 e. The lowest BCUT2D eigenvalue weighted by Gasteiger charge is -2.19. The van der Waals surface area contributed by atoms with Crippen molar-refractivity contribution >= 4 is 35.1 Å². The molecule has 0 fully saturated rings. The fraction of sp³-hybridized carbons (Fsp3) is 0. The number of rotatable bonds is 3. The maximum absolute atomic E-state index is 14.4. The van der Waals surface area contributed by atoms with Gasteiger partial charge < -0.3 is 0 Å². The summed E-state index contributed by atoms with van der Waals surface area (Å²) in [4.78, 5) is 18.7. The normalized spacial score (nSPS) is 15.2. The highest BCUT2D eigenvalue weighted by Crippen LogP contribution is 2.29. The molecule has 3 aromatic carbocycles. The first kappa shape index (κ1) is 18.1. The number of carbonyl (C=O) groups excluding carboxylic acids is 1. The van der Waals surface area contributed by atoms with Crippen molar-refractivity contribution in [3.05, 3.63) is 106 Å². The van der Waals surface area contributed by atoms with Crippen LogP contribution in [0.25, 0.3) is 6.08 Å². The van der Waals surface area contributed by atoms with Crippen LogP contribution in [0, 0.1) is 11.6 Å². The largest absolute Gasteiger partial charge is 0.282 e. The van der Waals surface area contributed by atoms with E-state index in [0.29, 0.717) is 10.7 Å². The van der Waals surface area contributed by atoms with E-state index in [4.69, 9.17) is 11.6 Å². The first-order valence-electron chi connectivity index (χ1n) is 8.44. The number of hydrogen-bond acceptors (Lipinski definition) is 2. The Morgan fingerprint density at radius 1 is 0.857 bits per heavy atom. The highest BCUT2D eigenvalue weighted by molar-refractivity contribution is 6.34. The third-order valence-corrected chi connectivity index (χ3v) is 4.51. The molecule has 3 aromatic rings. The van der Waals surface area contributed by atoms with Crippen molar-refractivity contribution in [2.45, 2.75) is 0 Å². The Bertz CT molecular complexity index is 1120. The van der Waals surface area contributed by atoms with Crippen LogP contribution >= 0.6 is 11.6 Å². The second-order valence-electron chi connectivity index (χ2n) is 6.08. The minimum Gasteiger partial charge on any atom is -0.266 e. The average Bonchev–Trinajstić information content (AvgIpc) is 3.01. The van der Waals surface area contributed by atoms with Crippen molar-refractivity contribution < 1.29 is 13.6 Å². The van der Waals surface area contributed by atoms with Gasteiger partial charge in [0.2, 0.25) is 0 Å². The standard InChI is InChI=1S/C22H13ClF2N2O/c23-15-9-11-16(12-10-15)27-21(17-6-2-4-8-19(17)25)26-20(22(27)28)13-14-5-1-3-7-18(14)24/h1-13H/b20-13+. The van der Waals surface area contributed by atoms with Gasteiger partial charge in [-0.15, -0.1) is 0 Å². The number of nitrogens with zero attached hydrogens (tertiary/aromatic N) is 2. The lowest BCUT2D eigenvalue weighted by molar-refractivity contribution is -0.113. The Morgan fingerprint density at radius 3 is 2.18 bits per heavy atom. The van der Waals surface area contributed by atoms with Gasteiger partial charge in [0.1, 0.15) is 17.3 Å². The molecule has 4 rings (SSSR count). The van der Waals surface area contributed by atoms with E-state index in [1.165, 1.54) is 29.2 Å². The third kappa shape index (κ3) is 3.32. The Hall–Kier alpha value is -3.31. The van der Waals surface area contributed by atoms with Gasteiger partial charge in [0.05, 0.1) is 11.3 Å². The minimum atomic E-state index is -0.514. The van der Waals surface area contributed by atoms with Gasteiger partial charge in [0.25, 0.3) is 5.91 Å². The predicted octanol–water partition coefficient (Wildman–Crippen LogP) is 5.45. The number of carbonyl (C=O) groups is 1. The number of halogens is 3. The van der Waals surface area contributed by atoms with E-state index in [0.717, 1.165) is 0 Å². The van der Waals surface area contributed by atoms with E-state index in [9.17, 15) is 13.6 Å². The number of amidine groups is 1. The summed E-state index contributed by atoms with van der Waals surface area (Å²) in [7, 11) is 0. The quantitative estimate of drug-likeness (QED) is 0.543. The summed E-state index contributed by atoms with van der Waals surface area (Å²) in [6, 6.07) is 18.6. The number of aliphatic imine (C=N–C) groups is 1. The van der Waals surface area contributed by atoms with Crippen LogP contribution in [0.2, 0.25) is 5.02 Å². The number of amides is 1. The molecular weight excluding hydrogens is 382 g/mol. The molecular formula is C22H13ClF2N2O. The highest BCUT2D eigenvalue weighted by Gasteiger charge is 2.33. The molecule has 1 heterocycles. The second kappa shape index (κ2) is 7.37. The first-order chi connectivity index (χ1) is 13.5. The van der Waals surface area contributed by atoms with Crippen LogP contribution in [0.4, 0.5) is 14.5 Å². The molecule has 0 radical (unpaired) electrons. The molecule has 0 aliphatic carbocycles. The molecule has 0 aromatic heterocycles. The summed E-state index contributed by atoms with van der Waals surface area (Å²) in [5, 5.41) is 0.502. The SMILES string of the molecule is O=C1/C(=C\c2ccccc2F)N=C(c2ccccc2F)N1c1ccc(Cl)cc1. The summed E-state index contributed by atoms with van der Waals surface area (Å²) in [6.07, 6.45) is 1.36. The third-order valence-electron chi connectivity index (χ3n) is 4.26. The van der Waals surface area contributed by atoms with E-state index >= 15 is 0 Å². The van der Waals surface area contributed by atoms with Gasteiger partial charge in [-0.05, 0) is 48.5 Å². The Morgan fingerprint density at radius 2 is 1.50 bits per heavy atom. The maximum atomic E-state index is 14.4. The zero-order valence-corrected chi connectivity index (χ0v) is 15.2. The molecule has 6 heteroatoms. The monoisotopic (exact) mass is 394 g/mol. The molecule has 1 aliphatic rings. The van der Waals surface area contributed by atoms with Crippen molar-refractivity contribution in [1.29, 1.82) is 0 Å². The van der Waals surface area contributed by atoms with Crippen molar-refractivity contribution in [3.63, 3.8) is 0 Å². The molecule has 138 valence electrons. The lowest BCUT2D eigenvalue weighted by Crippen LogP contribution is -2.33. The Balaban J connectivity index is 1.87. The van der Waals surface area contributed by atoms with Crippen molar-refractivity contribution in [1.82, 2.24) is 0 Å². The molecule has 3 nitrogen and oxygen atoms in total. The molecule has 0 spiro atoms. The summed E-state index contributed by atoms with van der Waals surface area (Å²) < 4.78 is 28.4. The summed E-state index contributed by atoms with van der Waals surface area (Å²) in [5.41, 5.74) is 0.884. The molecule has 0 saturated heterocycles. The zero-order valence-electron chi connectivity index (χ0n) is 14.4. The molecule has 0 atom stereocenters. The molecule has 28 heavy (non-hydrogen) atoms. The van der Waals surface area contributed by atoms with Crippen LogP contribution in [-0.4, -0.2) is 11.7 Å². The molecule has 0 N–H and O–H groups in total. The van der Waals surface area contributed by atoms with Crippen molar-refractivity contribution in [3.8, 4) is 0 Å². The zero-order chi connectivity index (χ0) is 19.7. The number of hydrogen-bond donors (Lipinski definition) is 0. The van der Waals surface area contributed by atoms with Crippen molar-refractivity contribution in [2.75, 3.05) is 4.90 Å². The van der Waals surface area contributed by atoms with Gasteiger partial charge in [0, 0.05) is 10.6 Å². The van der Waals surface area contributed by atoms with E-state index < -0.39 is 17.5 Å². The van der Waals surface area contributed by atoms with Gasteiger partial charge in [-0.3, -0.25) is 9.69 Å². The minimum absolute atomic E-state index is 0.0123. The number of anilines is 1. The highest BCUT2D eigenvalue weighted by atomic mass is 35.5. The summed E-state index contributed by atoms with van der Waals surface area (Å²) in [6.45, 7) is 0.